The van der Waals surface area contributed by atoms with Crippen LogP contribution in [0.1, 0.15) is 70.4 Å². The summed E-state index contributed by atoms with van der Waals surface area (Å²) >= 11 is 9.46. The van der Waals surface area contributed by atoms with Crippen molar-refractivity contribution in [3.63, 3.8) is 0 Å². The second-order valence-electron chi connectivity index (χ2n) is 20.7. The average Bonchev–Trinajstić information content (AvgIpc) is 1.69. The molecule has 4 unspecified atom stereocenters. The van der Waals surface area contributed by atoms with Crippen molar-refractivity contribution in [1.82, 2.24) is 59.9 Å². The summed E-state index contributed by atoms with van der Waals surface area (Å²) in [4.78, 5) is 137. The lowest BCUT2D eigenvalue weighted by atomic mass is 10.0. The first-order chi connectivity index (χ1) is 41.8. The zero-order valence-electron chi connectivity index (χ0n) is 46.7. The lowest BCUT2D eigenvalue weighted by Gasteiger charge is -2.27. The number of nitrogen functional groups attached to an aromatic ring is 1. The maximum atomic E-state index is 14.0. The number of nitrogens with one attached hydrogen (secondary N) is 6. The second kappa shape index (κ2) is 28.0. The molecule has 8 heterocycles. The smallest absolute Gasteiger partial charge is 0.413 e. The molecule has 5 aromatic rings. The van der Waals surface area contributed by atoms with Crippen LogP contribution in [0.15, 0.2) is 60.2 Å². The molecule has 12 atom stereocenters. The lowest BCUT2D eigenvalue weighted by molar-refractivity contribution is -0.137. The third-order valence-corrected chi connectivity index (χ3v) is 17.3. The number of nitrogens with two attached hydrogens (primary N) is 2. The van der Waals surface area contributed by atoms with Crippen LogP contribution >= 0.6 is 25.8 Å². The number of carbonyl (C=O) groups is 7. The first-order valence-corrected chi connectivity index (χ1v) is 32.5. The number of primary amides is 1. The summed E-state index contributed by atoms with van der Waals surface area (Å²) in [6, 6.07) is 3.25. The van der Waals surface area contributed by atoms with E-state index in [1.165, 1.54) is 39.7 Å². The molecule has 0 radical (unpaired) electrons. The molecule has 1 aromatic carbocycles. The standard InChI is InChI=1S/C49H62N16O19P2S2/c1-23(2)32(59-29(66)8-4-3-5-16-63-30(67)13-14-31(63)68)43(72)58-26(7-6-15-52-48(51)74)42(71)57-25-11-9-24(10-12-25)17-78-49(75)60-39-33-40(54-20-53-39)64(21-55-33)46-38-35(69)27(81-46)18-79-85(76,87)83-37-28(19-80-86(77,88)84-38)82-45(36(37)70)65-22-56-34-41(65)61-47(50)62-44(34)73/h9-14,20-23,26-28,32,35-38,45-46,69-70H,3-8,15-19H2,1-2H3,(H,57,71)(H,58,72)(H,59,66)(H,76,87)(H,77,88)(H3,51,52,74)(H3,50,61,62,73)(H,53,54,60,75)/t26-,27+,28+,32-,35?,36-,37?,38-,45+,46+,85?,86?/m0/s1. The Kier molecular flexibility index (Phi) is 20.7. The number of thiol groups is 1. The predicted molar refractivity (Wildman–Crippen MR) is 311 cm³/mol. The fourth-order valence-corrected chi connectivity index (χ4v) is 12.7. The topological polar surface area (TPSA) is 484 Å². The van der Waals surface area contributed by atoms with E-state index in [1.807, 2.05) is 0 Å². The normalized spacial score (nSPS) is 26.2. The van der Waals surface area contributed by atoms with E-state index in [9.17, 15) is 58.0 Å². The van der Waals surface area contributed by atoms with Crippen molar-refractivity contribution in [3.8, 4) is 0 Å². The minimum absolute atomic E-state index is 0.00329. The molecule has 0 aliphatic carbocycles. The predicted octanol–water partition coefficient (Wildman–Crippen LogP) is 0.377. The minimum atomic E-state index is -4.56. The molecule has 2 bridgehead atoms. The number of imidazole rings is 2. The Balaban J connectivity index is 0.797. The summed E-state index contributed by atoms with van der Waals surface area (Å²) in [6.45, 7) is -6.78. The summed E-state index contributed by atoms with van der Waals surface area (Å²) in [5.41, 5.74) is 10.8. The summed E-state index contributed by atoms with van der Waals surface area (Å²) < 4.78 is 56.9. The largest absolute Gasteiger partial charge is 0.444 e. The molecule has 88 heavy (non-hydrogen) atoms. The molecular weight excluding hydrogens is 1240 g/mol. The van der Waals surface area contributed by atoms with Gasteiger partial charge in [0.1, 0.15) is 61.6 Å². The molecule has 4 aliphatic rings. The Morgan fingerprint density at radius 1 is 0.841 bits per heavy atom. The number of H-pyrrole nitrogens is 1. The monoisotopic (exact) mass is 1300 g/mol. The molecule has 39 heteroatoms. The molecule has 4 aromatic heterocycles. The zero-order valence-corrected chi connectivity index (χ0v) is 50.2. The highest BCUT2D eigenvalue weighted by Crippen LogP contribution is 2.58. The maximum Gasteiger partial charge on any atom is 0.413 e. The van der Waals surface area contributed by atoms with Crippen LogP contribution < -0.4 is 43.6 Å². The van der Waals surface area contributed by atoms with Gasteiger partial charge in [-0.05, 0) is 61.1 Å². The van der Waals surface area contributed by atoms with E-state index in [1.54, 1.807) is 26.0 Å². The number of hydrogen-bond acceptors (Lipinski definition) is 25. The van der Waals surface area contributed by atoms with Gasteiger partial charge < -0.3 is 66.6 Å². The SMILES string of the molecule is CC(C)[C@H](NC(=O)CCCCCN1C(=O)C=CC1=O)C(=O)N[C@@H](CCCNC(N)=O)C(=O)Nc1ccc(COC(=O)Nc2ncnc3c2ncn3[C@@H]2O[C@@H]3COP(O)(=S)OC4[C@@H](COP(=O)(S)O[C@H]2C3O)O[C@@H](n2cnc3c(=O)[nH]c(N)nc32)[C@H]4O)cc1. The van der Waals surface area contributed by atoms with Gasteiger partial charge in [0, 0.05) is 37.3 Å². The van der Waals surface area contributed by atoms with Gasteiger partial charge in [-0.15, -0.1) is 0 Å². The van der Waals surface area contributed by atoms with Crippen molar-refractivity contribution in [3.05, 3.63) is 71.3 Å². The number of aromatic nitrogens is 8. The molecular formula is C49H62N16O19P2S2. The Morgan fingerprint density at radius 3 is 2.25 bits per heavy atom. The van der Waals surface area contributed by atoms with Crippen LogP contribution in [0.25, 0.3) is 22.3 Å². The lowest BCUT2D eigenvalue weighted by Crippen LogP contribution is -2.54. The van der Waals surface area contributed by atoms with Gasteiger partial charge in [0.05, 0.1) is 25.9 Å². The number of urea groups is 1. The van der Waals surface area contributed by atoms with Gasteiger partial charge in [-0.25, -0.2) is 34.1 Å². The number of fused-ring (bicyclic) bond motifs is 5. The first-order valence-electron chi connectivity index (χ1n) is 27.2. The van der Waals surface area contributed by atoms with Crippen molar-refractivity contribution in [1.29, 1.82) is 0 Å². The number of amides is 8. The Hall–Kier alpha value is -7.38. The number of ether oxygens (including phenoxy) is 3. The Bertz CT molecular complexity index is 3630. The molecule has 8 amide bonds. The van der Waals surface area contributed by atoms with Crippen molar-refractivity contribution < 1.29 is 85.5 Å². The summed E-state index contributed by atoms with van der Waals surface area (Å²) in [5, 5.41) is 36.2. The van der Waals surface area contributed by atoms with Crippen molar-refractivity contribution in [2.45, 2.75) is 120 Å². The van der Waals surface area contributed by atoms with Crippen LogP contribution in [-0.4, -0.2) is 176 Å². The van der Waals surface area contributed by atoms with Crippen LogP contribution in [-0.2, 0) is 79.3 Å². The highest BCUT2D eigenvalue weighted by molar-refractivity contribution is 8.44. The summed E-state index contributed by atoms with van der Waals surface area (Å²) in [5.74, 6) is -3.21. The number of rotatable bonds is 21. The fourth-order valence-electron chi connectivity index (χ4n) is 9.78. The molecule has 9 rings (SSSR count). The van der Waals surface area contributed by atoms with Gasteiger partial charge >= 0.3 is 25.6 Å². The number of anilines is 3. The number of carbonyl (C=O) groups excluding carboxylic acids is 7. The number of hydrogen-bond donors (Lipinski definition) is 12. The van der Waals surface area contributed by atoms with Crippen LogP contribution in [0.3, 0.4) is 0 Å². The number of benzene rings is 1. The highest BCUT2D eigenvalue weighted by atomic mass is 32.7. The third-order valence-electron chi connectivity index (χ3n) is 14.2. The van der Waals surface area contributed by atoms with Gasteiger partial charge in [-0.1, -0.05) is 44.6 Å². The van der Waals surface area contributed by atoms with Crippen molar-refractivity contribution in [2.24, 2.45) is 11.7 Å². The molecule has 0 saturated carbocycles. The molecule has 4 aliphatic heterocycles. The number of nitrogens with zero attached hydrogens (tertiary/aromatic N) is 8. The van der Waals surface area contributed by atoms with E-state index < -0.39 is 129 Å². The van der Waals surface area contributed by atoms with Crippen LogP contribution in [0.2, 0.25) is 0 Å². The van der Waals surface area contributed by atoms with Crippen LogP contribution in [0, 0.1) is 5.92 Å². The van der Waals surface area contributed by atoms with Gasteiger partial charge in [0.2, 0.25) is 23.7 Å². The number of aromatic amines is 1. The average molecular weight is 1310 g/mol. The fraction of sp³-hybridized carbons (Fsp3) is 0.490. The first kappa shape index (κ1) is 65.1. The van der Waals surface area contributed by atoms with Gasteiger partial charge in [-0.3, -0.25) is 66.7 Å². The maximum absolute atomic E-state index is 14.0. The molecule has 474 valence electrons. The molecule has 35 nitrogen and oxygen atoms in total. The van der Waals surface area contributed by atoms with Gasteiger partial charge in [-0.2, -0.15) is 4.98 Å². The van der Waals surface area contributed by atoms with Gasteiger partial charge in [0.15, 0.2) is 40.6 Å². The quantitative estimate of drug-likeness (QED) is 0.0204. The second-order valence-corrected chi connectivity index (χ2v) is 26.4. The molecule has 3 saturated heterocycles. The van der Waals surface area contributed by atoms with E-state index in [0.717, 1.165) is 17.6 Å². The number of aliphatic hydroxyl groups is 2. The van der Waals surface area contributed by atoms with E-state index in [0.29, 0.717) is 30.5 Å². The van der Waals surface area contributed by atoms with E-state index in [2.05, 4.69) is 68.7 Å². The Labute approximate surface area is 508 Å². The van der Waals surface area contributed by atoms with E-state index in [4.69, 9.17) is 55.6 Å². The van der Waals surface area contributed by atoms with Crippen LogP contribution in [0.4, 0.5) is 27.0 Å². The van der Waals surface area contributed by atoms with Crippen molar-refractivity contribution in [2.75, 3.05) is 42.7 Å². The minimum Gasteiger partial charge on any atom is -0.444 e. The summed E-state index contributed by atoms with van der Waals surface area (Å²) in [6.07, 6.45) is -5.43. The van der Waals surface area contributed by atoms with Crippen LogP contribution in [0.5, 0.6) is 0 Å². The van der Waals surface area contributed by atoms with E-state index in [-0.39, 0.29) is 84.9 Å². The molecule has 0 spiro atoms. The van der Waals surface area contributed by atoms with Gasteiger partial charge in [0.25, 0.3) is 17.4 Å². The molecule has 13 N–H and O–H groups in total. The molecule has 3 fully saturated rings. The number of unbranched alkanes of at least 4 members (excludes halogenated alkanes) is 2. The Morgan fingerprint density at radius 2 is 1.53 bits per heavy atom. The van der Waals surface area contributed by atoms with Crippen molar-refractivity contribution >= 4 is 119 Å². The van der Waals surface area contributed by atoms with E-state index >= 15 is 0 Å². The highest BCUT2D eigenvalue weighted by Gasteiger charge is 2.53. The number of imide groups is 1. The third kappa shape index (κ3) is 15.7. The zero-order chi connectivity index (χ0) is 63.2. The number of aliphatic hydroxyl groups excluding tert-OH is 2. The summed E-state index contributed by atoms with van der Waals surface area (Å²) in [7, 11) is 0.